The molecule has 1 aromatic heterocycles. The predicted molar refractivity (Wildman–Crippen MR) is 77.3 cm³/mol. The van der Waals surface area contributed by atoms with Crippen molar-refractivity contribution in [3.8, 4) is 0 Å². The molecule has 0 aliphatic rings. The lowest BCUT2D eigenvalue weighted by Gasteiger charge is -2.02. The highest BCUT2D eigenvalue weighted by Gasteiger charge is 2.16. The van der Waals surface area contributed by atoms with Crippen molar-refractivity contribution in [2.45, 2.75) is 20.8 Å². The molecule has 0 radical (unpaired) electrons. The number of carbonyl (C=O) groups is 1. The average molecular weight is 276 g/mol. The summed E-state index contributed by atoms with van der Waals surface area (Å²) in [5.41, 5.74) is 2.83. The quantitative estimate of drug-likeness (QED) is 0.865. The third-order valence-corrected chi connectivity index (χ3v) is 3.58. The number of rotatable bonds is 4. The number of hydrogen-bond donors (Lipinski definition) is 1. The summed E-state index contributed by atoms with van der Waals surface area (Å²) in [7, 11) is 0. The molecular formula is C14H16N2O2S. The van der Waals surface area contributed by atoms with E-state index in [4.69, 9.17) is 4.74 Å². The molecule has 2 aromatic rings. The van der Waals surface area contributed by atoms with Crippen LogP contribution in [-0.4, -0.2) is 17.6 Å². The molecule has 0 spiro atoms. The summed E-state index contributed by atoms with van der Waals surface area (Å²) in [4.78, 5) is 16.6. The molecule has 0 saturated carbocycles. The Labute approximate surface area is 116 Å². The number of thiazole rings is 1. The third-order valence-electron chi connectivity index (χ3n) is 2.53. The Balaban J connectivity index is 2.18. The number of aromatic nitrogens is 1. The summed E-state index contributed by atoms with van der Waals surface area (Å²) in [6.45, 7) is 6.00. The van der Waals surface area contributed by atoms with Crippen LogP contribution in [0.1, 0.15) is 27.9 Å². The van der Waals surface area contributed by atoms with Gasteiger partial charge >= 0.3 is 5.97 Å². The number of anilines is 2. The summed E-state index contributed by atoms with van der Waals surface area (Å²) in [6.07, 6.45) is 0. The SMILES string of the molecule is CCOC(=O)c1sc(Nc2cccc(C)c2)nc1C. The Kier molecular flexibility index (Phi) is 4.16. The molecule has 0 aliphatic heterocycles. The molecule has 0 saturated heterocycles. The molecule has 100 valence electrons. The van der Waals surface area contributed by atoms with Crippen LogP contribution in [0.15, 0.2) is 24.3 Å². The standard InChI is InChI=1S/C14H16N2O2S/c1-4-18-13(17)12-10(3)15-14(19-12)16-11-7-5-6-9(2)8-11/h5-8H,4H2,1-3H3,(H,15,16). The number of hydrogen-bond acceptors (Lipinski definition) is 5. The Bertz CT molecular complexity index is 593. The lowest BCUT2D eigenvalue weighted by Crippen LogP contribution is -2.03. The van der Waals surface area contributed by atoms with Gasteiger partial charge in [0.05, 0.1) is 12.3 Å². The Hall–Kier alpha value is -1.88. The van der Waals surface area contributed by atoms with Gasteiger partial charge in [0.25, 0.3) is 0 Å². The first-order chi connectivity index (χ1) is 9.10. The van der Waals surface area contributed by atoms with Crippen LogP contribution in [0.5, 0.6) is 0 Å². The van der Waals surface area contributed by atoms with Crippen LogP contribution in [0.2, 0.25) is 0 Å². The van der Waals surface area contributed by atoms with Gasteiger partial charge in [-0.3, -0.25) is 0 Å². The fourth-order valence-corrected chi connectivity index (χ4v) is 2.56. The van der Waals surface area contributed by atoms with E-state index in [1.165, 1.54) is 16.9 Å². The van der Waals surface area contributed by atoms with Crippen LogP contribution >= 0.6 is 11.3 Å². The molecule has 0 amide bonds. The van der Waals surface area contributed by atoms with E-state index in [9.17, 15) is 4.79 Å². The molecule has 1 heterocycles. The predicted octanol–water partition coefficient (Wildman–Crippen LogP) is 3.68. The van der Waals surface area contributed by atoms with Gasteiger partial charge in [0.15, 0.2) is 5.13 Å². The topological polar surface area (TPSA) is 51.2 Å². The minimum atomic E-state index is -0.310. The normalized spacial score (nSPS) is 10.3. The second kappa shape index (κ2) is 5.84. The fourth-order valence-electron chi connectivity index (χ4n) is 1.68. The second-order valence-corrected chi connectivity index (χ2v) is 5.15. The average Bonchev–Trinajstić information content (AvgIpc) is 2.70. The van der Waals surface area contributed by atoms with E-state index in [2.05, 4.69) is 10.3 Å². The minimum Gasteiger partial charge on any atom is -0.462 e. The Morgan fingerprint density at radius 1 is 1.42 bits per heavy atom. The molecule has 19 heavy (non-hydrogen) atoms. The minimum absolute atomic E-state index is 0.310. The summed E-state index contributed by atoms with van der Waals surface area (Å²) in [6, 6.07) is 8.00. The van der Waals surface area contributed by atoms with Crippen molar-refractivity contribution in [2.24, 2.45) is 0 Å². The monoisotopic (exact) mass is 276 g/mol. The van der Waals surface area contributed by atoms with Crippen molar-refractivity contribution in [1.82, 2.24) is 4.98 Å². The lowest BCUT2D eigenvalue weighted by molar-refractivity contribution is 0.0531. The number of ether oxygens (including phenoxy) is 1. The van der Waals surface area contributed by atoms with E-state index in [1.54, 1.807) is 6.92 Å². The maximum Gasteiger partial charge on any atom is 0.350 e. The van der Waals surface area contributed by atoms with E-state index in [1.807, 2.05) is 38.1 Å². The first-order valence-electron chi connectivity index (χ1n) is 6.08. The van der Waals surface area contributed by atoms with Gasteiger partial charge in [-0.1, -0.05) is 23.5 Å². The van der Waals surface area contributed by atoms with E-state index in [0.29, 0.717) is 22.3 Å². The Morgan fingerprint density at radius 2 is 2.21 bits per heavy atom. The van der Waals surface area contributed by atoms with Crippen molar-refractivity contribution in [1.29, 1.82) is 0 Å². The van der Waals surface area contributed by atoms with E-state index in [0.717, 1.165) is 5.69 Å². The fraction of sp³-hybridized carbons (Fsp3) is 0.286. The number of carbonyl (C=O) groups excluding carboxylic acids is 1. The molecule has 1 N–H and O–H groups in total. The summed E-state index contributed by atoms with van der Waals surface area (Å²) in [5, 5.41) is 3.90. The zero-order chi connectivity index (χ0) is 13.8. The van der Waals surface area contributed by atoms with Gasteiger partial charge < -0.3 is 10.1 Å². The number of esters is 1. The zero-order valence-electron chi connectivity index (χ0n) is 11.2. The van der Waals surface area contributed by atoms with Gasteiger partial charge in [-0.25, -0.2) is 9.78 Å². The van der Waals surface area contributed by atoms with E-state index >= 15 is 0 Å². The molecule has 0 unspecified atom stereocenters. The summed E-state index contributed by atoms with van der Waals surface area (Å²) >= 11 is 1.31. The molecule has 5 heteroatoms. The van der Waals surface area contributed by atoms with Crippen molar-refractivity contribution >= 4 is 28.1 Å². The van der Waals surface area contributed by atoms with Gasteiger partial charge in [0, 0.05) is 5.69 Å². The number of aryl methyl sites for hydroxylation is 2. The number of benzene rings is 1. The zero-order valence-corrected chi connectivity index (χ0v) is 12.0. The van der Waals surface area contributed by atoms with Crippen LogP contribution in [0, 0.1) is 13.8 Å². The van der Waals surface area contributed by atoms with Crippen LogP contribution in [0.4, 0.5) is 10.8 Å². The van der Waals surface area contributed by atoms with Crippen LogP contribution in [0.25, 0.3) is 0 Å². The van der Waals surface area contributed by atoms with Crippen LogP contribution in [-0.2, 0) is 4.74 Å². The van der Waals surface area contributed by atoms with E-state index < -0.39 is 0 Å². The molecule has 0 atom stereocenters. The maximum absolute atomic E-state index is 11.7. The lowest BCUT2D eigenvalue weighted by atomic mass is 10.2. The molecular weight excluding hydrogens is 260 g/mol. The highest BCUT2D eigenvalue weighted by atomic mass is 32.1. The molecule has 1 aromatic carbocycles. The van der Waals surface area contributed by atoms with Crippen molar-refractivity contribution in [3.63, 3.8) is 0 Å². The smallest absolute Gasteiger partial charge is 0.350 e. The van der Waals surface area contributed by atoms with Gasteiger partial charge in [0.1, 0.15) is 4.88 Å². The van der Waals surface area contributed by atoms with Crippen LogP contribution in [0.3, 0.4) is 0 Å². The molecule has 0 aliphatic carbocycles. The van der Waals surface area contributed by atoms with Crippen LogP contribution < -0.4 is 5.32 Å². The highest BCUT2D eigenvalue weighted by Crippen LogP contribution is 2.26. The summed E-state index contributed by atoms with van der Waals surface area (Å²) < 4.78 is 5.00. The van der Waals surface area contributed by atoms with Crippen molar-refractivity contribution < 1.29 is 9.53 Å². The summed E-state index contributed by atoms with van der Waals surface area (Å²) in [5.74, 6) is -0.310. The Morgan fingerprint density at radius 3 is 2.89 bits per heavy atom. The first kappa shape index (κ1) is 13.5. The molecule has 4 nitrogen and oxygen atoms in total. The number of nitrogens with zero attached hydrogens (tertiary/aromatic N) is 1. The third kappa shape index (κ3) is 3.32. The molecule has 2 rings (SSSR count). The highest BCUT2D eigenvalue weighted by molar-refractivity contribution is 7.17. The molecule has 0 bridgehead atoms. The second-order valence-electron chi connectivity index (χ2n) is 4.15. The largest absolute Gasteiger partial charge is 0.462 e. The van der Waals surface area contributed by atoms with Gasteiger partial charge in [0.2, 0.25) is 0 Å². The maximum atomic E-state index is 11.7. The van der Waals surface area contributed by atoms with Crippen molar-refractivity contribution in [3.05, 3.63) is 40.4 Å². The first-order valence-corrected chi connectivity index (χ1v) is 6.90. The van der Waals surface area contributed by atoms with E-state index in [-0.39, 0.29) is 5.97 Å². The molecule has 0 fully saturated rings. The van der Waals surface area contributed by atoms with Gasteiger partial charge in [-0.15, -0.1) is 0 Å². The number of nitrogens with one attached hydrogen (secondary N) is 1. The van der Waals surface area contributed by atoms with Crippen molar-refractivity contribution in [2.75, 3.05) is 11.9 Å². The van der Waals surface area contributed by atoms with Gasteiger partial charge in [-0.2, -0.15) is 0 Å². The van der Waals surface area contributed by atoms with Gasteiger partial charge in [-0.05, 0) is 38.5 Å².